The Bertz CT molecular complexity index is 995. The highest BCUT2D eigenvalue weighted by molar-refractivity contribution is 4.73. The monoisotopic (exact) mass is 931 g/mol. The van der Waals surface area contributed by atoms with E-state index in [1.165, 1.54) is 273 Å². The first-order valence-electron chi connectivity index (χ1n) is 28.8. The van der Waals surface area contributed by atoms with Crippen molar-refractivity contribution >= 4 is 0 Å². The fourth-order valence-electron chi connectivity index (χ4n) is 11.2. The summed E-state index contributed by atoms with van der Waals surface area (Å²) in [7, 11) is 4.48. The Morgan fingerprint density at radius 2 is 0.500 bits per heavy atom. The van der Waals surface area contributed by atoms with Crippen molar-refractivity contribution in [3.63, 3.8) is 0 Å². The highest BCUT2D eigenvalue weighted by atomic mass is 16.5. The van der Waals surface area contributed by atoms with E-state index < -0.39 is 0 Å². The quantitative estimate of drug-likeness (QED) is 0.0907. The first kappa shape index (κ1) is 56.4. The Hall–Kier alpha value is -0.480. The zero-order chi connectivity index (χ0) is 46.1. The maximum absolute atomic E-state index is 5.74. The fourth-order valence-corrected chi connectivity index (χ4v) is 11.2. The molecule has 0 aromatic carbocycles. The van der Waals surface area contributed by atoms with E-state index in [9.17, 15) is 0 Å². The van der Waals surface area contributed by atoms with Gasteiger partial charge in [-0.25, -0.2) is 0 Å². The standard InChI is InChI=1S/C15H31N3O.C14H28N2.C13H27N3.C12H24N2O/c1-16(10-11-17-6-2-3-7-17)12-14-19-15-13-18-8-4-5-9-18;1-14(6-12-15-8-2-3-9-15)7-13-16-10-4-5-11-16;1-14(10-12-15-6-2-3-7-15)11-13-16-8-4-5-9-16;1-2-6-13(5-1)9-11-15-12-10-14-7-3-4-8-14/h2-15H2,1H3;14H,2-13H2,1H3;2-13H2,1H3;1-12H2. The molecule has 0 amide bonds. The van der Waals surface area contributed by atoms with E-state index in [-0.39, 0.29) is 0 Å². The van der Waals surface area contributed by atoms with E-state index in [4.69, 9.17) is 9.47 Å². The molecule has 8 aliphatic heterocycles. The maximum Gasteiger partial charge on any atom is 0.0594 e. The molecule has 0 aromatic heterocycles. The van der Waals surface area contributed by atoms with Gasteiger partial charge in [-0.05, 0) is 253 Å². The Morgan fingerprint density at radius 1 is 0.288 bits per heavy atom. The molecule has 66 heavy (non-hydrogen) atoms. The first-order chi connectivity index (χ1) is 32.5. The molecule has 12 heteroatoms. The number of hydrogen-bond acceptors (Lipinski definition) is 12. The summed E-state index contributed by atoms with van der Waals surface area (Å²) in [5.41, 5.74) is 0. The van der Waals surface area contributed by atoms with Crippen LogP contribution in [0.4, 0.5) is 0 Å². The molecule has 0 atom stereocenters. The van der Waals surface area contributed by atoms with Crippen molar-refractivity contribution in [1.82, 2.24) is 49.0 Å². The molecule has 0 aliphatic carbocycles. The first-order valence-corrected chi connectivity index (χ1v) is 28.8. The third kappa shape index (κ3) is 26.7. The Balaban J connectivity index is 0.000000166. The normalized spacial score (nSPS) is 23.2. The second-order valence-corrected chi connectivity index (χ2v) is 21.9. The van der Waals surface area contributed by atoms with Gasteiger partial charge in [-0.1, -0.05) is 6.92 Å². The van der Waals surface area contributed by atoms with E-state index in [0.717, 1.165) is 58.5 Å². The highest BCUT2D eigenvalue weighted by Crippen LogP contribution is 2.16. The lowest BCUT2D eigenvalue weighted by molar-refractivity contribution is 0.0918. The van der Waals surface area contributed by atoms with Crippen molar-refractivity contribution in [2.75, 3.05) is 224 Å². The summed E-state index contributed by atoms with van der Waals surface area (Å²) in [5, 5.41) is 0. The lowest BCUT2D eigenvalue weighted by atomic mass is 10.0. The van der Waals surface area contributed by atoms with Crippen LogP contribution in [0.25, 0.3) is 0 Å². The smallest absolute Gasteiger partial charge is 0.0594 e. The van der Waals surface area contributed by atoms with Crippen LogP contribution >= 0.6 is 0 Å². The largest absolute Gasteiger partial charge is 0.379 e. The van der Waals surface area contributed by atoms with Crippen LogP contribution in [-0.4, -0.2) is 273 Å². The van der Waals surface area contributed by atoms with Crippen molar-refractivity contribution in [3.8, 4) is 0 Å². The van der Waals surface area contributed by atoms with Gasteiger partial charge in [0.15, 0.2) is 0 Å². The highest BCUT2D eigenvalue weighted by Gasteiger charge is 2.18. The molecule has 0 bridgehead atoms. The number of likely N-dealkylation sites (tertiary alicyclic amines) is 8. The predicted molar refractivity (Wildman–Crippen MR) is 280 cm³/mol. The molecule has 8 aliphatic rings. The van der Waals surface area contributed by atoms with Crippen LogP contribution in [0.15, 0.2) is 0 Å². The topological polar surface area (TPSA) is 50.9 Å². The molecular weight excluding hydrogens is 821 g/mol. The molecule has 0 radical (unpaired) electrons. The van der Waals surface area contributed by atoms with Gasteiger partial charge in [0, 0.05) is 65.4 Å². The SMILES string of the molecule is C1CCN(CCOCCN2CCCC2)C1.CC(CCN1CCCC1)CCN1CCCC1.CN(CCN1CCCC1)CCN1CCCC1.CN(CCOCCN1CCCC1)CCN1CCCC1. The van der Waals surface area contributed by atoms with Gasteiger partial charge in [-0.3, -0.25) is 0 Å². The molecule has 8 heterocycles. The van der Waals surface area contributed by atoms with E-state index >= 15 is 0 Å². The molecular formula is C54H110N10O2. The predicted octanol–water partition coefficient (Wildman–Crippen LogP) is 6.03. The summed E-state index contributed by atoms with van der Waals surface area (Å²) in [6.07, 6.45) is 25.3. The molecule has 8 fully saturated rings. The zero-order valence-electron chi connectivity index (χ0n) is 44.2. The van der Waals surface area contributed by atoms with E-state index in [2.05, 4.69) is 70.0 Å². The molecule has 0 unspecified atom stereocenters. The van der Waals surface area contributed by atoms with E-state index in [1.54, 1.807) is 0 Å². The van der Waals surface area contributed by atoms with Crippen LogP contribution in [0.5, 0.6) is 0 Å². The van der Waals surface area contributed by atoms with Gasteiger partial charge < -0.3 is 58.5 Å². The summed E-state index contributed by atoms with van der Waals surface area (Å²) in [6, 6.07) is 0. The van der Waals surface area contributed by atoms with Crippen LogP contribution in [0, 0.1) is 5.92 Å². The average Bonchev–Trinajstić information content (AvgIpc) is 4.20. The summed E-state index contributed by atoms with van der Waals surface area (Å²) < 4.78 is 11.4. The van der Waals surface area contributed by atoms with Crippen molar-refractivity contribution < 1.29 is 9.47 Å². The van der Waals surface area contributed by atoms with Gasteiger partial charge >= 0.3 is 0 Å². The Labute approximate surface area is 409 Å². The van der Waals surface area contributed by atoms with Gasteiger partial charge in [0.2, 0.25) is 0 Å². The second kappa shape index (κ2) is 36.4. The summed E-state index contributed by atoms with van der Waals surface area (Å²) in [4.78, 5) is 25.5. The van der Waals surface area contributed by atoms with Crippen molar-refractivity contribution in [2.45, 2.75) is 122 Å². The summed E-state index contributed by atoms with van der Waals surface area (Å²) in [6.45, 7) is 41.8. The second-order valence-electron chi connectivity index (χ2n) is 21.9. The maximum atomic E-state index is 5.74. The number of ether oxygens (including phenoxy) is 2. The van der Waals surface area contributed by atoms with Gasteiger partial charge in [0.05, 0.1) is 26.4 Å². The molecule has 0 spiro atoms. The third-order valence-corrected chi connectivity index (χ3v) is 16.1. The van der Waals surface area contributed by atoms with Crippen LogP contribution in [0.3, 0.4) is 0 Å². The third-order valence-electron chi connectivity index (χ3n) is 16.1. The number of hydrogen-bond donors (Lipinski definition) is 0. The average molecular weight is 932 g/mol. The number of nitrogens with zero attached hydrogens (tertiary/aromatic N) is 10. The van der Waals surface area contributed by atoms with Gasteiger partial charge in [0.1, 0.15) is 0 Å². The van der Waals surface area contributed by atoms with Crippen molar-refractivity contribution in [3.05, 3.63) is 0 Å². The zero-order valence-corrected chi connectivity index (χ0v) is 44.2. The minimum atomic E-state index is 0.879. The molecule has 8 rings (SSSR count). The van der Waals surface area contributed by atoms with Crippen LogP contribution in [-0.2, 0) is 9.47 Å². The van der Waals surface area contributed by atoms with Crippen molar-refractivity contribution in [2.24, 2.45) is 5.92 Å². The van der Waals surface area contributed by atoms with Crippen LogP contribution in [0.2, 0.25) is 0 Å². The summed E-state index contributed by atoms with van der Waals surface area (Å²) in [5.74, 6) is 0.918. The lowest BCUT2D eigenvalue weighted by Gasteiger charge is -2.23. The molecule has 12 nitrogen and oxygen atoms in total. The number of likely N-dealkylation sites (N-methyl/N-ethyl adjacent to an activating group) is 2. The molecule has 8 saturated heterocycles. The van der Waals surface area contributed by atoms with Crippen LogP contribution < -0.4 is 0 Å². The number of rotatable bonds is 27. The molecule has 0 saturated carbocycles. The van der Waals surface area contributed by atoms with Crippen LogP contribution in [0.1, 0.15) is 122 Å². The molecule has 0 N–H and O–H groups in total. The Kier molecular flexibility index (Phi) is 31.2. The molecule has 0 aromatic rings. The summed E-state index contributed by atoms with van der Waals surface area (Å²) >= 11 is 0. The van der Waals surface area contributed by atoms with Gasteiger partial charge in [-0.2, -0.15) is 0 Å². The minimum absolute atomic E-state index is 0.879. The van der Waals surface area contributed by atoms with Gasteiger partial charge in [-0.15, -0.1) is 0 Å². The minimum Gasteiger partial charge on any atom is -0.379 e. The van der Waals surface area contributed by atoms with E-state index in [0.29, 0.717) is 0 Å². The molecule has 388 valence electrons. The van der Waals surface area contributed by atoms with Crippen molar-refractivity contribution in [1.29, 1.82) is 0 Å². The Morgan fingerprint density at radius 3 is 0.773 bits per heavy atom. The lowest BCUT2D eigenvalue weighted by Crippen LogP contribution is -2.36. The van der Waals surface area contributed by atoms with Gasteiger partial charge in [0.25, 0.3) is 0 Å². The van der Waals surface area contributed by atoms with E-state index in [1.807, 2.05) is 0 Å². The fraction of sp³-hybridized carbons (Fsp3) is 1.00.